The molecule has 0 fully saturated rings. The molecule has 88 valence electrons. The van der Waals surface area contributed by atoms with Crippen LogP contribution in [-0.4, -0.2) is 33.2 Å². The van der Waals surface area contributed by atoms with Gasteiger partial charge in [0, 0.05) is 6.42 Å². The molecule has 1 aromatic rings. The van der Waals surface area contributed by atoms with Crippen molar-refractivity contribution in [3.05, 3.63) is 35.9 Å². The van der Waals surface area contributed by atoms with Gasteiger partial charge in [0.25, 0.3) is 0 Å². The SMILES string of the molecule is C[NH+](C)CCOC(=O)CCc1ccccc1. The van der Waals surface area contributed by atoms with Gasteiger partial charge in [-0.05, 0) is 12.0 Å². The molecule has 0 aliphatic carbocycles. The van der Waals surface area contributed by atoms with E-state index in [0.717, 1.165) is 13.0 Å². The minimum atomic E-state index is -0.106. The van der Waals surface area contributed by atoms with E-state index in [1.165, 1.54) is 10.5 Å². The lowest BCUT2D eigenvalue weighted by Gasteiger charge is -2.07. The van der Waals surface area contributed by atoms with E-state index in [4.69, 9.17) is 4.74 Å². The third-order valence-electron chi connectivity index (χ3n) is 2.33. The number of carbonyl (C=O) groups is 1. The zero-order valence-electron chi connectivity index (χ0n) is 10.0. The third kappa shape index (κ3) is 5.51. The van der Waals surface area contributed by atoms with Crippen LogP contribution in [0.2, 0.25) is 0 Å². The Labute approximate surface area is 97.0 Å². The van der Waals surface area contributed by atoms with E-state index in [2.05, 4.69) is 0 Å². The zero-order chi connectivity index (χ0) is 11.8. The van der Waals surface area contributed by atoms with Crippen molar-refractivity contribution in [2.45, 2.75) is 12.8 Å². The van der Waals surface area contributed by atoms with Gasteiger partial charge in [-0.2, -0.15) is 0 Å². The standard InChI is InChI=1S/C13H19NO2/c1-14(2)10-11-16-13(15)9-8-12-6-4-3-5-7-12/h3-7H,8-11H2,1-2H3/p+1. The third-order valence-corrected chi connectivity index (χ3v) is 2.33. The summed E-state index contributed by atoms with van der Waals surface area (Å²) < 4.78 is 5.11. The summed E-state index contributed by atoms with van der Waals surface area (Å²) in [5.74, 6) is -0.106. The fourth-order valence-corrected chi connectivity index (χ4v) is 1.33. The minimum Gasteiger partial charge on any atom is -0.460 e. The number of hydrogen-bond acceptors (Lipinski definition) is 2. The lowest BCUT2D eigenvalue weighted by Crippen LogP contribution is -3.06. The number of aryl methyl sites for hydroxylation is 1. The van der Waals surface area contributed by atoms with Gasteiger partial charge in [0.05, 0.1) is 14.1 Å². The van der Waals surface area contributed by atoms with Crippen LogP contribution in [0.25, 0.3) is 0 Å². The Bertz CT molecular complexity index is 309. The summed E-state index contributed by atoms with van der Waals surface area (Å²) in [6.45, 7) is 1.37. The fraction of sp³-hybridized carbons (Fsp3) is 0.462. The Hall–Kier alpha value is -1.35. The van der Waals surface area contributed by atoms with E-state index in [0.29, 0.717) is 13.0 Å². The molecule has 0 saturated carbocycles. The second-order valence-corrected chi connectivity index (χ2v) is 4.16. The molecule has 0 atom stereocenters. The molecule has 0 aromatic heterocycles. The molecule has 0 heterocycles. The second-order valence-electron chi connectivity index (χ2n) is 4.16. The summed E-state index contributed by atoms with van der Waals surface area (Å²) in [5.41, 5.74) is 1.18. The van der Waals surface area contributed by atoms with Crippen molar-refractivity contribution in [3.8, 4) is 0 Å². The minimum absolute atomic E-state index is 0.106. The van der Waals surface area contributed by atoms with Crippen LogP contribution >= 0.6 is 0 Å². The van der Waals surface area contributed by atoms with Crippen LogP contribution in [0, 0.1) is 0 Å². The molecule has 0 spiro atoms. The highest BCUT2D eigenvalue weighted by Gasteiger charge is 2.04. The highest BCUT2D eigenvalue weighted by molar-refractivity contribution is 5.69. The van der Waals surface area contributed by atoms with Gasteiger partial charge in [0.2, 0.25) is 0 Å². The Balaban J connectivity index is 2.16. The van der Waals surface area contributed by atoms with E-state index < -0.39 is 0 Å². The summed E-state index contributed by atoms with van der Waals surface area (Å²) >= 11 is 0. The lowest BCUT2D eigenvalue weighted by molar-refractivity contribution is -0.858. The molecule has 0 aliphatic heterocycles. The Kier molecular flexibility index (Phi) is 5.57. The largest absolute Gasteiger partial charge is 0.460 e. The van der Waals surface area contributed by atoms with E-state index in [9.17, 15) is 4.79 Å². The molecule has 3 nitrogen and oxygen atoms in total. The van der Waals surface area contributed by atoms with Gasteiger partial charge in [-0.3, -0.25) is 4.79 Å². The van der Waals surface area contributed by atoms with Crippen LogP contribution in [0.3, 0.4) is 0 Å². The fourth-order valence-electron chi connectivity index (χ4n) is 1.33. The molecule has 1 aromatic carbocycles. The van der Waals surface area contributed by atoms with Gasteiger partial charge >= 0.3 is 5.97 Å². The van der Waals surface area contributed by atoms with Crippen molar-refractivity contribution in [1.82, 2.24) is 0 Å². The molecule has 3 heteroatoms. The van der Waals surface area contributed by atoms with Gasteiger partial charge in [0.1, 0.15) is 13.2 Å². The summed E-state index contributed by atoms with van der Waals surface area (Å²) in [6, 6.07) is 9.99. The highest BCUT2D eigenvalue weighted by atomic mass is 16.5. The van der Waals surface area contributed by atoms with Crippen molar-refractivity contribution in [2.75, 3.05) is 27.2 Å². The number of ether oxygens (including phenoxy) is 1. The number of quaternary nitrogens is 1. The van der Waals surface area contributed by atoms with E-state index >= 15 is 0 Å². The molecule has 0 saturated heterocycles. The zero-order valence-corrected chi connectivity index (χ0v) is 10.0. The average Bonchev–Trinajstić information content (AvgIpc) is 2.27. The summed E-state index contributed by atoms with van der Waals surface area (Å²) in [4.78, 5) is 12.7. The topological polar surface area (TPSA) is 30.7 Å². The molecule has 1 rings (SSSR count). The van der Waals surface area contributed by atoms with Crippen molar-refractivity contribution < 1.29 is 14.4 Å². The van der Waals surface area contributed by atoms with Crippen LogP contribution in [-0.2, 0) is 16.0 Å². The molecule has 16 heavy (non-hydrogen) atoms. The van der Waals surface area contributed by atoms with Crippen LogP contribution in [0.15, 0.2) is 30.3 Å². The monoisotopic (exact) mass is 222 g/mol. The number of carbonyl (C=O) groups excluding carboxylic acids is 1. The highest BCUT2D eigenvalue weighted by Crippen LogP contribution is 2.02. The molecule has 0 amide bonds. The number of nitrogens with one attached hydrogen (secondary N) is 1. The van der Waals surface area contributed by atoms with E-state index in [1.807, 2.05) is 44.4 Å². The number of likely N-dealkylation sites (N-methyl/N-ethyl adjacent to an activating group) is 1. The maximum absolute atomic E-state index is 11.4. The number of esters is 1. The molecular formula is C13H20NO2+. The molecule has 1 N–H and O–H groups in total. The maximum atomic E-state index is 11.4. The normalized spacial score (nSPS) is 10.4. The molecule has 0 bridgehead atoms. The number of benzene rings is 1. The lowest BCUT2D eigenvalue weighted by atomic mass is 10.1. The van der Waals surface area contributed by atoms with E-state index in [-0.39, 0.29) is 5.97 Å². The summed E-state index contributed by atoms with van der Waals surface area (Å²) in [7, 11) is 4.08. The predicted molar refractivity (Wildman–Crippen MR) is 63.4 cm³/mol. The average molecular weight is 222 g/mol. The quantitative estimate of drug-likeness (QED) is 0.702. The number of rotatable bonds is 6. The Morgan fingerprint density at radius 1 is 1.25 bits per heavy atom. The number of hydrogen-bond donors (Lipinski definition) is 1. The van der Waals surface area contributed by atoms with Gasteiger partial charge in [-0.25, -0.2) is 0 Å². The molecule has 0 unspecified atom stereocenters. The van der Waals surface area contributed by atoms with Crippen LogP contribution in [0.1, 0.15) is 12.0 Å². The van der Waals surface area contributed by atoms with Crippen LogP contribution in [0.5, 0.6) is 0 Å². The van der Waals surface area contributed by atoms with Crippen molar-refractivity contribution in [3.63, 3.8) is 0 Å². The van der Waals surface area contributed by atoms with Gasteiger partial charge in [-0.1, -0.05) is 30.3 Å². The molecule has 0 aliphatic rings. The summed E-state index contributed by atoms with van der Waals surface area (Å²) in [6.07, 6.45) is 1.22. The first-order valence-electron chi connectivity index (χ1n) is 5.67. The van der Waals surface area contributed by atoms with Gasteiger partial charge in [0.15, 0.2) is 0 Å². The molecular weight excluding hydrogens is 202 g/mol. The first-order chi connectivity index (χ1) is 7.68. The Morgan fingerprint density at radius 2 is 1.94 bits per heavy atom. The Morgan fingerprint density at radius 3 is 2.56 bits per heavy atom. The van der Waals surface area contributed by atoms with Crippen molar-refractivity contribution in [1.29, 1.82) is 0 Å². The van der Waals surface area contributed by atoms with Crippen molar-refractivity contribution in [2.24, 2.45) is 0 Å². The smallest absolute Gasteiger partial charge is 0.306 e. The van der Waals surface area contributed by atoms with Gasteiger partial charge in [-0.15, -0.1) is 0 Å². The van der Waals surface area contributed by atoms with Crippen LogP contribution in [0.4, 0.5) is 0 Å². The first kappa shape index (κ1) is 12.7. The van der Waals surface area contributed by atoms with E-state index in [1.54, 1.807) is 0 Å². The predicted octanol–water partition coefficient (Wildman–Crippen LogP) is 0.307. The summed E-state index contributed by atoms with van der Waals surface area (Å²) in [5, 5.41) is 0. The van der Waals surface area contributed by atoms with Gasteiger partial charge < -0.3 is 9.64 Å². The molecule has 0 radical (unpaired) electrons. The second kappa shape index (κ2) is 7.01. The van der Waals surface area contributed by atoms with Crippen LogP contribution < -0.4 is 4.90 Å². The first-order valence-corrected chi connectivity index (χ1v) is 5.67. The van der Waals surface area contributed by atoms with Crippen molar-refractivity contribution >= 4 is 5.97 Å². The maximum Gasteiger partial charge on any atom is 0.306 e.